The molecule has 0 aliphatic heterocycles. The third kappa shape index (κ3) is 3.69. The molecule has 2 N–H and O–H groups in total. The predicted molar refractivity (Wildman–Crippen MR) is 81.2 cm³/mol. The Hall–Kier alpha value is -1.10. The molecule has 1 aromatic carbocycles. The number of hydrogen-bond acceptors (Lipinski definition) is 4. The van der Waals surface area contributed by atoms with Gasteiger partial charge in [0.1, 0.15) is 16.1 Å². The summed E-state index contributed by atoms with van der Waals surface area (Å²) in [7, 11) is 1.62. The summed E-state index contributed by atoms with van der Waals surface area (Å²) in [5.74, 6) is 1.44. The van der Waals surface area contributed by atoms with Gasteiger partial charge in [0.25, 0.3) is 0 Å². The van der Waals surface area contributed by atoms with Crippen molar-refractivity contribution >= 4 is 40.7 Å². The number of benzene rings is 1. The quantitative estimate of drug-likeness (QED) is 0.520. The number of rotatable bonds is 4. The van der Waals surface area contributed by atoms with Crippen LogP contribution in [-0.4, -0.2) is 12.1 Å². The Bertz CT molecular complexity index is 593. The summed E-state index contributed by atoms with van der Waals surface area (Å²) in [6.45, 7) is 0. The van der Waals surface area contributed by atoms with Gasteiger partial charge < -0.3 is 10.5 Å². The molecule has 0 spiro atoms. The third-order valence-corrected chi connectivity index (χ3v) is 4.15. The van der Waals surface area contributed by atoms with E-state index in [9.17, 15) is 0 Å². The van der Waals surface area contributed by atoms with Crippen molar-refractivity contribution in [1.29, 1.82) is 0 Å². The van der Waals surface area contributed by atoms with Crippen molar-refractivity contribution in [1.82, 2.24) is 4.98 Å². The molecule has 0 bridgehead atoms. The molecule has 2 rings (SSSR count). The van der Waals surface area contributed by atoms with Crippen LogP contribution < -0.4 is 10.5 Å². The van der Waals surface area contributed by atoms with E-state index >= 15 is 0 Å². The second kappa shape index (κ2) is 6.37. The van der Waals surface area contributed by atoms with Gasteiger partial charge in [-0.1, -0.05) is 29.3 Å². The number of methoxy groups -OCH3 is 1. The van der Waals surface area contributed by atoms with Gasteiger partial charge >= 0.3 is 0 Å². The standard InChI is InChI=1S/C13H12Cl2N2OS/c1-18-9-3-4-10(16)11(6-9)19-7-8-2-5-12(14)17-13(8)15/h2-6H,7,16H2,1H3. The molecule has 0 atom stereocenters. The van der Waals surface area contributed by atoms with Crippen molar-refractivity contribution in [3.05, 3.63) is 46.2 Å². The van der Waals surface area contributed by atoms with E-state index in [1.807, 2.05) is 24.3 Å². The van der Waals surface area contributed by atoms with Gasteiger partial charge in [0.15, 0.2) is 0 Å². The summed E-state index contributed by atoms with van der Waals surface area (Å²) in [4.78, 5) is 4.95. The molecule has 0 unspecified atom stereocenters. The largest absolute Gasteiger partial charge is 0.497 e. The molecule has 0 radical (unpaired) electrons. The van der Waals surface area contributed by atoms with Crippen LogP contribution in [-0.2, 0) is 5.75 Å². The molecule has 3 nitrogen and oxygen atoms in total. The summed E-state index contributed by atoms with van der Waals surface area (Å²) >= 11 is 13.4. The molecule has 19 heavy (non-hydrogen) atoms. The van der Waals surface area contributed by atoms with Crippen LogP contribution in [0, 0.1) is 0 Å². The summed E-state index contributed by atoms with van der Waals surface area (Å²) in [6.07, 6.45) is 0. The van der Waals surface area contributed by atoms with E-state index in [4.69, 9.17) is 33.7 Å². The normalized spacial score (nSPS) is 10.5. The highest BCUT2D eigenvalue weighted by Crippen LogP contribution is 2.32. The molecule has 0 aliphatic carbocycles. The van der Waals surface area contributed by atoms with Crippen LogP contribution in [0.25, 0.3) is 0 Å². The summed E-state index contributed by atoms with van der Waals surface area (Å²) in [5.41, 5.74) is 7.55. The first-order valence-corrected chi connectivity index (χ1v) is 7.21. The van der Waals surface area contributed by atoms with E-state index < -0.39 is 0 Å². The fourth-order valence-corrected chi connectivity index (χ4v) is 2.94. The Balaban J connectivity index is 2.14. The lowest BCUT2D eigenvalue weighted by atomic mass is 10.3. The number of hydrogen-bond donors (Lipinski definition) is 1. The van der Waals surface area contributed by atoms with Gasteiger partial charge in [-0.2, -0.15) is 0 Å². The van der Waals surface area contributed by atoms with Crippen LogP contribution in [0.2, 0.25) is 10.3 Å². The smallest absolute Gasteiger partial charge is 0.134 e. The lowest BCUT2D eigenvalue weighted by Crippen LogP contribution is -1.92. The summed E-state index contributed by atoms with van der Waals surface area (Å²) in [6, 6.07) is 9.13. The molecule has 2 aromatic rings. The molecule has 0 saturated heterocycles. The second-order valence-electron chi connectivity index (χ2n) is 3.78. The SMILES string of the molecule is COc1ccc(N)c(SCc2ccc(Cl)nc2Cl)c1. The van der Waals surface area contributed by atoms with Crippen LogP contribution in [0.15, 0.2) is 35.2 Å². The highest BCUT2D eigenvalue weighted by atomic mass is 35.5. The molecule has 0 amide bonds. The van der Waals surface area contributed by atoms with Crippen molar-refractivity contribution in [2.75, 3.05) is 12.8 Å². The van der Waals surface area contributed by atoms with Gasteiger partial charge in [0.2, 0.25) is 0 Å². The van der Waals surface area contributed by atoms with Gasteiger partial charge in [-0.15, -0.1) is 11.8 Å². The summed E-state index contributed by atoms with van der Waals surface area (Å²) < 4.78 is 5.18. The number of halogens is 2. The number of anilines is 1. The Morgan fingerprint density at radius 2 is 2.05 bits per heavy atom. The maximum atomic E-state index is 6.03. The predicted octanol–water partition coefficient (Wildman–Crippen LogP) is 4.27. The maximum absolute atomic E-state index is 6.03. The molecule has 1 heterocycles. The topological polar surface area (TPSA) is 48.1 Å². The van der Waals surface area contributed by atoms with Crippen LogP contribution in [0.3, 0.4) is 0 Å². The first kappa shape index (κ1) is 14.3. The van der Waals surface area contributed by atoms with Crippen molar-refractivity contribution < 1.29 is 4.74 Å². The molecule has 0 saturated carbocycles. The Morgan fingerprint density at radius 1 is 1.26 bits per heavy atom. The number of nitrogens with two attached hydrogens (primary N) is 1. The van der Waals surface area contributed by atoms with Crippen LogP contribution in [0.5, 0.6) is 5.75 Å². The molecule has 100 valence electrons. The van der Waals surface area contributed by atoms with Crippen molar-refractivity contribution in [3.63, 3.8) is 0 Å². The maximum Gasteiger partial charge on any atom is 0.134 e. The highest BCUT2D eigenvalue weighted by molar-refractivity contribution is 7.98. The van der Waals surface area contributed by atoms with E-state index in [0.29, 0.717) is 21.7 Å². The van der Waals surface area contributed by atoms with E-state index in [1.54, 1.807) is 24.9 Å². The van der Waals surface area contributed by atoms with Crippen LogP contribution in [0.1, 0.15) is 5.56 Å². The average molecular weight is 315 g/mol. The third-order valence-electron chi connectivity index (χ3n) is 2.50. The number of thioether (sulfide) groups is 1. The summed E-state index contributed by atoms with van der Waals surface area (Å²) in [5, 5.41) is 0.807. The number of pyridine rings is 1. The zero-order chi connectivity index (χ0) is 13.8. The molecule has 6 heteroatoms. The van der Waals surface area contributed by atoms with Gasteiger partial charge in [0, 0.05) is 16.3 Å². The van der Waals surface area contributed by atoms with E-state index in [1.165, 1.54) is 0 Å². The minimum atomic E-state index is 0.389. The number of aromatic nitrogens is 1. The number of nitrogen functional groups attached to an aromatic ring is 1. The molecular weight excluding hydrogens is 303 g/mol. The Morgan fingerprint density at radius 3 is 2.74 bits per heavy atom. The fraction of sp³-hybridized carbons (Fsp3) is 0.154. The Labute approximate surface area is 126 Å². The van der Waals surface area contributed by atoms with Crippen molar-refractivity contribution in [3.8, 4) is 5.75 Å². The van der Waals surface area contributed by atoms with E-state index in [-0.39, 0.29) is 0 Å². The number of ether oxygens (including phenoxy) is 1. The average Bonchev–Trinajstić information content (AvgIpc) is 2.39. The zero-order valence-corrected chi connectivity index (χ0v) is 12.5. The molecular formula is C13H12Cl2N2OS. The molecule has 0 aliphatic rings. The minimum Gasteiger partial charge on any atom is -0.497 e. The van der Waals surface area contributed by atoms with Crippen molar-refractivity contribution in [2.24, 2.45) is 0 Å². The van der Waals surface area contributed by atoms with Crippen molar-refractivity contribution in [2.45, 2.75) is 10.6 Å². The number of nitrogens with zero attached hydrogens (tertiary/aromatic N) is 1. The van der Waals surface area contributed by atoms with Gasteiger partial charge in [-0.3, -0.25) is 0 Å². The molecule has 0 fully saturated rings. The van der Waals surface area contributed by atoms with Crippen LogP contribution in [0.4, 0.5) is 5.69 Å². The molecule has 1 aromatic heterocycles. The second-order valence-corrected chi connectivity index (χ2v) is 5.54. The lowest BCUT2D eigenvalue weighted by Gasteiger charge is -2.08. The van der Waals surface area contributed by atoms with Crippen LogP contribution >= 0.6 is 35.0 Å². The first-order valence-electron chi connectivity index (χ1n) is 5.47. The minimum absolute atomic E-state index is 0.389. The van der Waals surface area contributed by atoms with Gasteiger partial charge in [-0.25, -0.2) is 4.98 Å². The van der Waals surface area contributed by atoms with Gasteiger partial charge in [0.05, 0.1) is 7.11 Å². The monoisotopic (exact) mass is 314 g/mol. The Kier molecular flexibility index (Phi) is 4.80. The first-order chi connectivity index (χ1) is 9.10. The zero-order valence-electron chi connectivity index (χ0n) is 10.2. The lowest BCUT2D eigenvalue weighted by molar-refractivity contribution is 0.414. The fourth-order valence-electron chi connectivity index (χ4n) is 1.47. The van der Waals surface area contributed by atoms with E-state index in [0.717, 1.165) is 16.2 Å². The van der Waals surface area contributed by atoms with E-state index in [2.05, 4.69) is 4.98 Å². The highest BCUT2D eigenvalue weighted by Gasteiger charge is 2.07. The van der Waals surface area contributed by atoms with Gasteiger partial charge in [-0.05, 0) is 29.8 Å².